The van der Waals surface area contributed by atoms with E-state index in [0.29, 0.717) is 18.8 Å². The Morgan fingerprint density at radius 3 is 2.65 bits per heavy atom. The topological polar surface area (TPSA) is 46.6 Å². The summed E-state index contributed by atoms with van der Waals surface area (Å²) in [6, 6.07) is 9.84. The number of esters is 1. The minimum absolute atomic E-state index is 0.0807. The second-order valence-corrected chi connectivity index (χ2v) is 6.06. The number of benzene rings is 1. The van der Waals surface area contributed by atoms with Crippen molar-refractivity contribution in [2.24, 2.45) is 11.8 Å². The van der Waals surface area contributed by atoms with Gasteiger partial charge in [0.15, 0.2) is 0 Å². The van der Waals surface area contributed by atoms with Crippen LogP contribution in [0.15, 0.2) is 35.2 Å². The van der Waals surface area contributed by atoms with Crippen molar-refractivity contribution < 1.29 is 14.3 Å². The molecule has 1 heterocycles. The molecule has 2 unspecified atom stereocenters. The molecule has 0 bridgehead atoms. The lowest BCUT2D eigenvalue weighted by Gasteiger charge is -2.15. The van der Waals surface area contributed by atoms with E-state index in [1.165, 1.54) is 18.9 Å². The van der Waals surface area contributed by atoms with Crippen molar-refractivity contribution in [3.63, 3.8) is 0 Å². The average Bonchev–Trinajstić information content (AvgIpc) is 2.87. The number of ether oxygens (including phenoxy) is 1. The molecule has 1 aromatic carbocycles. The molecule has 1 amide bonds. The minimum atomic E-state index is -0.219. The zero-order valence-corrected chi connectivity index (χ0v) is 12.6. The Morgan fingerprint density at radius 1 is 1.30 bits per heavy atom. The van der Waals surface area contributed by atoms with E-state index < -0.39 is 0 Å². The van der Waals surface area contributed by atoms with Crippen LogP contribution in [0.4, 0.5) is 0 Å². The first kappa shape index (κ1) is 14.9. The molecule has 1 aliphatic rings. The third-order valence-electron chi connectivity index (χ3n) is 3.57. The highest BCUT2D eigenvalue weighted by Crippen LogP contribution is 2.25. The molecule has 0 aromatic heterocycles. The molecule has 0 radical (unpaired) electrons. The third kappa shape index (κ3) is 3.54. The van der Waals surface area contributed by atoms with E-state index in [-0.39, 0.29) is 23.7 Å². The molecule has 108 valence electrons. The smallest absolute Gasteiger partial charge is 0.310 e. The first-order chi connectivity index (χ1) is 9.61. The van der Waals surface area contributed by atoms with Crippen molar-refractivity contribution in [2.45, 2.75) is 11.8 Å². The molecule has 2 rings (SSSR count). The van der Waals surface area contributed by atoms with Crippen LogP contribution < -0.4 is 0 Å². The highest BCUT2D eigenvalue weighted by Gasteiger charge is 2.37. The molecular formula is C15H19NO3S. The second-order valence-electron chi connectivity index (χ2n) is 5.01. The van der Waals surface area contributed by atoms with Crippen LogP contribution in [0.1, 0.15) is 6.92 Å². The zero-order chi connectivity index (χ0) is 14.5. The van der Waals surface area contributed by atoms with Gasteiger partial charge in [0.1, 0.15) is 0 Å². The molecule has 0 spiro atoms. The average molecular weight is 293 g/mol. The normalized spacial score (nSPS) is 21.8. The predicted octanol–water partition coefficient (Wildman–Crippen LogP) is 2.05. The largest absolute Gasteiger partial charge is 0.469 e. The maximum atomic E-state index is 12.2. The molecular weight excluding hydrogens is 274 g/mol. The number of thioether (sulfide) groups is 1. The van der Waals surface area contributed by atoms with Crippen molar-refractivity contribution in [1.29, 1.82) is 0 Å². The first-order valence-electron chi connectivity index (χ1n) is 6.65. The van der Waals surface area contributed by atoms with E-state index in [1.807, 2.05) is 37.3 Å². The SMILES string of the molecule is COC(=O)C1CN(C(=O)CSc2ccccc2)CC1C. The van der Waals surface area contributed by atoms with Crippen LogP contribution in [0.25, 0.3) is 0 Å². The maximum absolute atomic E-state index is 12.2. The molecule has 0 N–H and O–H groups in total. The van der Waals surface area contributed by atoms with E-state index in [1.54, 1.807) is 4.90 Å². The van der Waals surface area contributed by atoms with Crippen LogP contribution >= 0.6 is 11.8 Å². The summed E-state index contributed by atoms with van der Waals surface area (Å²) in [5.74, 6) is 0.240. The molecule has 4 nitrogen and oxygen atoms in total. The first-order valence-corrected chi connectivity index (χ1v) is 7.64. The summed E-state index contributed by atoms with van der Waals surface area (Å²) in [6.45, 7) is 3.09. The summed E-state index contributed by atoms with van der Waals surface area (Å²) in [7, 11) is 1.39. The van der Waals surface area contributed by atoms with Crippen molar-refractivity contribution >= 4 is 23.6 Å². The van der Waals surface area contributed by atoms with Crippen LogP contribution in [-0.2, 0) is 14.3 Å². The summed E-state index contributed by atoms with van der Waals surface area (Å²) in [6.07, 6.45) is 0. The summed E-state index contributed by atoms with van der Waals surface area (Å²) >= 11 is 1.52. The van der Waals surface area contributed by atoms with Crippen LogP contribution in [0.3, 0.4) is 0 Å². The maximum Gasteiger partial charge on any atom is 0.310 e. The standard InChI is InChI=1S/C15H19NO3S/c1-11-8-16(9-13(11)15(18)19-2)14(17)10-20-12-6-4-3-5-7-12/h3-7,11,13H,8-10H2,1-2H3. The Bertz CT molecular complexity index is 477. The predicted molar refractivity (Wildman–Crippen MR) is 78.4 cm³/mol. The number of carbonyl (C=O) groups is 2. The molecule has 0 saturated carbocycles. The molecule has 1 fully saturated rings. The highest BCUT2D eigenvalue weighted by atomic mass is 32.2. The van der Waals surface area contributed by atoms with Crippen LogP contribution in [0, 0.1) is 11.8 Å². The summed E-state index contributed by atoms with van der Waals surface area (Å²) in [5, 5.41) is 0. The quantitative estimate of drug-likeness (QED) is 0.629. The van der Waals surface area contributed by atoms with Gasteiger partial charge in [0.05, 0.1) is 18.8 Å². The number of nitrogens with zero attached hydrogens (tertiary/aromatic N) is 1. The van der Waals surface area contributed by atoms with Crippen molar-refractivity contribution in [1.82, 2.24) is 4.90 Å². The van der Waals surface area contributed by atoms with Crippen LogP contribution in [0.5, 0.6) is 0 Å². The summed E-state index contributed by atoms with van der Waals surface area (Å²) in [4.78, 5) is 26.6. The summed E-state index contributed by atoms with van der Waals surface area (Å²) in [5.41, 5.74) is 0. The Labute approximate surface area is 123 Å². The number of carbonyl (C=O) groups excluding carboxylic acids is 2. The van der Waals surface area contributed by atoms with Gasteiger partial charge in [0.2, 0.25) is 5.91 Å². The van der Waals surface area contributed by atoms with E-state index >= 15 is 0 Å². The van der Waals surface area contributed by atoms with Crippen LogP contribution in [-0.4, -0.2) is 42.7 Å². The molecule has 5 heteroatoms. The van der Waals surface area contributed by atoms with Crippen molar-refractivity contribution in [3.05, 3.63) is 30.3 Å². The Balaban J connectivity index is 1.86. The highest BCUT2D eigenvalue weighted by molar-refractivity contribution is 8.00. The fourth-order valence-electron chi connectivity index (χ4n) is 2.38. The Hall–Kier alpha value is -1.49. The van der Waals surface area contributed by atoms with Gasteiger partial charge in [-0.1, -0.05) is 25.1 Å². The van der Waals surface area contributed by atoms with E-state index in [9.17, 15) is 9.59 Å². The van der Waals surface area contributed by atoms with Crippen molar-refractivity contribution in [3.8, 4) is 0 Å². The molecule has 20 heavy (non-hydrogen) atoms. The van der Waals surface area contributed by atoms with Gasteiger partial charge in [0.25, 0.3) is 0 Å². The minimum Gasteiger partial charge on any atom is -0.469 e. The fourth-order valence-corrected chi connectivity index (χ4v) is 3.20. The molecule has 2 atom stereocenters. The monoisotopic (exact) mass is 293 g/mol. The van der Waals surface area contributed by atoms with Gasteiger partial charge < -0.3 is 9.64 Å². The number of methoxy groups -OCH3 is 1. The zero-order valence-electron chi connectivity index (χ0n) is 11.7. The molecule has 0 aliphatic carbocycles. The van der Waals surface area contributed by atoms with Crippen LogP contribution in [0.2, 0.25) is 0 Å². The number of hydrogen-bond donors (Lipinski definition) is 0. The number of hydrogen-bond acceptors (Lipinski definition) is 4. The van der Waals surface area contributed by atoms with Gasteiger partial charge in [-0.05, 0) is 18.1 Å². The van der Waals surface area contributed by atoms with Gasteiger partial charge in [-0.3, -0.25) is 9.59 Å². The molecule has 1 saturated heterocycles. The van der Waals surface area contributed by atoms with E-state index in [4.69, 9.17) is 4.74 Å². The third-order valence-corrected chi connectivity index (χ3v) is 4.57. The van der Waals surface area contributed by atoms with Gasteiger partial charge in [-0.15, -0.1) is 11.8 Å². The lowest BCUT2D eigenvalue weighted by molar-refractivity contribution is -0.146. The lowest BCUT2D eigenvalue weighted by atomic mass is 9.99. The fraction of sp³-hybridized carbons (Fsp3) is 0.467. The Morgan fingerprint density at radius 2 is 2.00 bits per heavy atom. The van der Waals surface area contributed by atoms with E-state index in [2.05, 4.69) is 0 Å². The van der Waals surface area contributed by atoms with Gasteiger partial charge in [0, 0.05) is 18.0 Å². The second kappa shape index (κ2) is 6.79. The molecule has 1 aliphatic heterocycles. The van der Waals surface area contributed by atoms with Gasteiger partial charge in [-0.25, -0.2) is 0 Å². The molecule has 1 aromatic rings. The van der Waals surface area contributed by atoms with E-state index in [0.717, 1.165) is 4.90 Å². The number of rotatable bonds is 4. The summed E-state index contributed by atoms with van der Waals surface area (Å²) < 4.78 is 4.78. The number of likely N-dealkylation sites (tertiary alicyclic amines) is 1. The Kier molecular flexibility index (Phi) is 5.06. The van der Waals surface area contributed by atoms with Crippen molar-refractivity contribution in [2.75, 3.05) is 26.0 Å². The number of amides is 1. The van der Waals surface area contributed by atoms with Gasteiger partial charge >= 0.3 is 5.97 Å². The lowest BCUT2D eigenvalue weighted by Crippen LogP contribution is -2.31. The van der Waals surface area contributed by atoms with Gasteiger partial charge in [-0.2, -0.15) is 0 Å².